The van der Waals surface area contributed by atoms with Gasteiger partial charge in [0.25, 0.3) is 0 Å². The fourth-order valence-electron chi connectivity index (χ4n) is 2.17. The molecule has 7 heteroatoms. The van der Waals surface area contributed by atoms with Gasteiger partial charge in [-0.25, -0.2) is 4.99 Å². The van der Waals surface area contributed by atoms with Gasteiger partial charge in [-0.1, -0.05) is 19.8 Å². The first-order valence-corrected chi connectivity index (χ1v) is 8.97. The zero-order valence-electron chi connectivity index (χ0n) is 12.0. The Morgan fingerprint density at radius 1 is 1.32 bits per heavy atom. The van der Waals surface area contributed by atoms with Gasteiger partial charge in [-0.05, 0) is 34.6 Å². The van der Waals surface area contributed by atoms with Crippen molar-refractivity contribution in [2.45, 2.75) is 31.7 Å². The Morgan fingerprint density at radius 2 is 2.11 bits per heavy atom. The van der Waals surface area contributed by atoms with Crippen molar-refractivity contribution in [2.75, 3.05) is 40.4 Å². The summed E-state index contributed by atoms with van der Waals surface area (Å²) in [6, 6.07) is 0. The van der Waals surface area contributed by atoms with Gasteiger partial charge in [0, 0.05) is 27.2 Å². The second-order valence-electron chi connectivity index (χ2n) is 5.09. The summed E-state index contributed by atoms with van der Waals surface area (Å²) in [7, 11) is 7.81. The molecule has 2 aliphatic rings. The van der Waals surface area contributed by atoms with E-state index in [4.69, 9.17) is 4.99 Å². The van der Waals surface area contributed by atoms with Crippen molar-refractivity contribution >= 4 is 26.8 Å². The molecule has 0 aliphatic carbocycles. The summed E-state index contributed by atoms with van der Waals surface area (Å²) in [5.41, 5.74) is 0.323. The molecule has 1 fully saturated rings. The zero-order chi connectivity index (χ0) is 13.0. The van der Waals surface area contributed by atoms with Gasteiger partial charge in [-0.15, -0.1) is 0 Å². The summed E-state index contributed by atoms with van der Waals surface area (Å²) < 4.78 is 0. The maximum Gasteiger partial charge on any atom is 0.172 e. The Hall–Kier alpha value is 0.0200. The van der Waals surface area contributed by atoms with E-state index in [-0.39, 0.29) is 4.70 Å². The van der Waals surface area contributed by atoms with E-state index in [9.17, 15) is 0 Å². The number of hydrogen-bond acceptors (Lipinski definition) is 6. The van der Waals surface area contributed by atoms with Gasteiger partial charge in [0.15, 0.2) is 10.7 Å². The number of unbranched alkanes of at least 4 members (excludes halogenated alkanes) is 2. The second-order valence-corrected chi connectivity index (χ2v) is 7.31. The monoisotopic (exact) mass is 308 g/mol. The summed E-state index contributed by atoms with van der Waals surface area (Å²) in [6.07, 6.45) is 4.00. The van der Waals surface area contributed by atoms with Crippen molar-refractivity contribution in [2.24, 2.45) is 4.99 Å². The average molecular weight is 308 g/mol. The highest BCUT2D eigenvalue weighted by Gasteiger charge is 2.31. The molecule has 2 heterocycles. The maximum atomic E-state index is 4.77. The Bertz CT molecular complexity index is 301. The third-order valence-corrected chi connectivity index (χ3v) is 5.83. The van der Waals surface area contributed by atoms with E-state index in [1.54, 1.807) is 10.8 Å². The molecule has 0 N–H and O–H groups in total. The first-order valence-electron chi connectivity index (χ1n) is 6.75. The molecule has 2 aliphatic heterocycles. The topological polar surface area (TPSA) is 22.1 Å². The molecular formula is C12H25FN4S2. The first kappa shape index (κ1) is 17.1. The Labute approximate surface area is 123 Å². The number of amidine groups is 1. The Balaban J connectivity index is 0.00000180. The molecule has 1 saturated heterocycles. The van der Waals surface area contributed by atoms with Crippen LogP contribution in [-0.2, 0) is 0 Å². The predicted octanol–water partition coefficient (Wildman–Crippen LogP) is 2.50. The van der Waals surface area contributed by atoms with Gasteiger partial charge in [-0.2, -0.15) is 0 Å². The van der Waals surface area contributed by atoms with Crippen molar-refractivity contribution in [1.29, 1.82) is 0 Å². The normalized spacial score (nSPS) is 24.4. The SMILES string of the molecule is CCCCCN1CCN(C2N=C(N(C)C)SS2)C1.F. The van der Waals surface area contributed by atoms with Gasteiger partial charge < -0.3 is 4.90 Å². The number of rotatable bonds is 5. The zero-order valence-corrected chi connectivity index (χ0v) is 13.7. The lowest BCUT2D eigenvalue weighted by molar-refractivity contribution is 0.235. The molecule has 1 unspecified atom stereocenters. The highest BCUT2D eigenvalue weighted by Crippen LogP contribution is 2.39. The molecule has 0 aromatic heterocycles. The van der Waals surface area contributed by atoms with Crippen LogP contribution in [0.2, 0.25) is 0 Å². The van der Waals surface area contributed by atoms with Crippen molar-refractivity contribution in [3.8, 4) is 0 Å². The van der Waals surface area contributed by atoms with Gasteiger partial charge in [0.1, 0.15) is 0 Å². The minimum atomic E-state index is 0. The molecule has 0 aromatic carbocycles. The summed E-state index contributed by atoms with van der Waals surface area (Å²) in [4.78, 5) is 11.9. The molecule has 1 atom stereocenters. The van der Waals surface area contributed by atoms with Crippen LogP contribution in [0.5, 0.6) is 0 Å². The quantitative estimate of drug-likeness (QED) is 0.573. The smallest absolute Gasteiger partial charge is 0.172 e. The Kier molecular flexibility index (Phi) is 7.49. The molecule has 0 amide bonds. The fourth-order valence-corrected chi connectivity index (χ4v) is 4.73. The molecule has 0 aromatic rings. The molecular weight excluding hydrogens is 283 g/mol. The van der Waals surface area contributed by atoms with E-state index in [2.05, 4.69) is 35.7 Å². The summed E-state index contributed by atoms with van der Waals surface area (Å²) in [5.74, 6) is 0. The molecule has 0 saturated carbocycles. The molecule has 0 radical (unpaired) electrons. The van der Waals surface area contributed by atoms with Crippen LogP contribution in [0.3, 0.4) is 0 Å². The van der Waals surface area contributed by atoms with Crippen LogP contribution >= 0.6 is 21.6 Å². The number of halogens is 1. The second kappa shape index (κ2) is 8.34. The predicted molar refractivity (Wildman–Crippen MR) is 85.3 cm³/mol. The highest BCUT2D eigenvalue weighted by molar-refractivity contribution is 8.82. The lowest BCUT2D eigenvalue weighted by Gasteiger charge is -2.20. The summed E-state index contributed by atoms with van der Waals surface area (Å²) >= 11 is 0. The van der Waals surface area contributed by atoms with Crippen LogP contribution in [-0.4, -0.2) is 65.8 Å². The molecule has 112 valence electrons. The van der Waals surface area contributed by atoms with Crippen LogP contribution < -0.4 is 0 Å². The van der Waals surface area contributed by atoms with Crippen LogP contribution in [0.4, 0.5) is 4.70 Å². The molecule has 2 rings (SSSR count). The largest absolute Gasteiger partial charge is 0.357 e. The van der Waals surface area contributed by atoms with Gasteiger partial charge in [0.05, 0.1) is 6.67 Å². The number of hydrogen-bond donors (Lipinski definition) is 0. The minimum Gasteiger partial charge on any atom is -0.357 e. The third-order valence-electron chi connectivity index (χ3n) is 3.29. The van der Waals surface area contributed by atoms with Crippen LogP contribution in [0.15, 0.2) is 4.99 Å². The van der Waals surface area contributed by atoms with Crippen molar-refractivity contribution in [1.82, 2.24) is 14.7 Å². The number of aliphatic imine (C=N–C) groups is 1. The number of nitrogens with zero attached hydrogens (tertiary/aromatic N) is 4. The lowest BCUT2D eigenvalue weighted by atomic mass is 10.2. The molecule has 19 heavy (non-hydrogen) atoms. The maximum absolute atomic E-state index is 4.77. The molecule has 0 spiro atoms. The molecule has 4 nitrogen and oxygen atoms in total. The van der Waals surface area contributed by atoms with E-state index in [1.807, 2.05) is 10.8 Å². The van der Waals surface area contributed by atoms with Crippen molar-refractivity contribution in [3.63, 3.8) is 0 Å². The summed E-state index contributed by atoms with van der Waals surface area (Å²) in [5, 5.41) is 1.15. The van der Waals surface area contributed by atoms with Gasteiger partial charge in [0.2, 0.25) is 0 Å². The van der Waals surface area contributed by atoms with Crippen LogP contribution in [0.1, 0.15) is 26.2 Å². The van der Waals surface area contributed by atoms with E-state index >= 15 is 0 Å². The van der Waals surface area contributed by atoms with Crippen LogP contribution in [0, 0.1) is 0 Å². The van der Waals surface area contributed by atoms with E-state index in [1.165, 1.54) is 32.4 Å². The highest BCUT2D eigenvalue weighted by atomic mass is 33.1. The fraction of sp³-hybridized carbons (Fsp3) is 0.917. The standard InChI is InChI=1S/C12H24N4S2.FH/c1-4-5-6-7-15-8-9-16(10-15)12-13-11(14(2)3)17-18-12;/h12H,4-10H2,1-3H3;1H. The van der Waals surface area contributed by atoms with Crippen LogP contribution in [0.25, 0.3) is 0 Å². The lowest BCUT2D eigenvalue weighted by Crippen LogP contribution is -2.31. The van der Waals surface area contributed by atoms with E-state index in [0.717, 1.165) is 18.4 Å². The van der Waals surface area contributed by atoms with E-state index in [0.29, 0.717) is 5.50 Å². The van der Waals surface area contributed by atoms with E-state index < -0.39 is 0 Å². The van der Waals surface area contributed by atoms with Crippen molar-refractivity contribution < 1.29 is 4.70 Å². The van der Waals surface area contributed by atoms with Crippen molar-refractivity contribution in [3.05, 3.63) is 0 Å². The summed E-state index contributed by atoms with van der Waals surface area (Å²) in [6.45, 7) is 6.97. The average Bonchev–Trinajstić information content (AvgIpc) is 2.97. The third kappa shape index (κ3) is 4.81. The van der Waals surface area contributed by atoms with Gasteiger partial charge >= 0.3 is 0 Å². The first-order chi connectivity index (χ1) is 8.70. The molecule has 0 bridgehead atoms. The van der Waals surface area contributed by atoms with Gasteiger partial charge in [-0.3, -0.25) is 14.5 Å². The minimum absolute atomic E-state index is 0. The Morgan fingerprint density at radius 3 is 2.74 bits per heavy atom.